The zero-order valence-corrected chi connectivity index (χ0v) is 15.2. The summed E-state index contributed by atoms with van der Waals surface area (Å²) in [6.45, 7) is -2.05. The average molecular weight is 406 g/mol. The van der Waals surface area contributed by atoms with Crippen molar-refractivity contribution >= 4 is 15.6 Å². The van der Waals surface area contributed by atoms with E-state index in [0.29, 0.717) is 0 Å². The van der Waals surface area contributed by atoms with Crippen LogP contribution in [0.5, 0.6) is 0 Å². The molecule has 1 saturated heterocycles. The summed E-state index contributed by atoms with van der Waals surface area (Å²) < 4.78 is 33.6. The number of aliphatic hydroxyl groups excluding tert-OH is 2. The predicted molar refractivity (Wildman–Crippen MR) is 57.8 cm³/mol. The molecule has 0 spiro atoms. The van der Waals surface area contributed by atoms with Crippen molar-refractivity contribution in [1.82, 2.24) is 0 Å². The van der Waals surface area contributed by atoms with Crippen LogP contribution < -0.4 is 0 Å². The molecule has 21 heavy (non-hydrogen) atoms. The smallest absolute Gasteiger partial charge is 0.387 e. The maximum absolute atomic E-state index is 10.5. The van der Waals surface area contributed by atoms with Crippen LogP contribution in [0.1, 0.15) is 0 Å². The van der Waals surface area contributed by atoms with Gasteiger partial charge in [-0.25, -0.2) is 9.13 Å². The minimum absolute atomic E-state index is 0. The maximum Gasteiger partial charge on any atom is 0.469 e. The second-order valence-electron chi connectivity index (χ2n) is 3.99. The van der Waals surface area contributed by atoms with Gasteiger partial charge in [0.15, 0.2) is 0 Å². The number of hydrogen-bond donors (Lipinski definition) is 7. The molecule has 0 saturated carbocycles. The fourth-order valence-electron chi connectivity index (χ4n) is 1.47. The van der Waals surface area contributed by atoms with Gasteiger partial charge in [0.2, 0.25) is 5.79 Å². The molecule has 1 rings (SSSR count). The third-order valence-electron chi connectivity index (χ3n) is 2.37. The molecule has 122 valence electrons. The van der Waals surface area contributed by atoms with Crippen LogP contribution in [0.2, 0.25) is 0 Å². The second-order valence-corrected chi connectivity index (χ2v) is 6.47. The molecule has 4 atom stereocenters. The van der Waals surface area contributed by atoms with Crippen molar-refractivity contribution in [1.29, 1.82) is 0 Å². The normalized spacial score (nSPS) is 33.8. The Balaban J connectivity index is 0.00000400. The van der Waals surface area contributed by atoms with Gasteiger partial charge in [0.05, 0.1) is 6.61 Å². The minimum atomic E-state index is -4.96. The maximum atomic E-state index is 10.5. The third kappa shape index (κ3) is 6.76. The second kappa shape index (κ2) is 7.50. The van der Waals surface area contributed by atoms with E-state index < -0.39 is 53.0 Å². The van der Waals surface area contributed by atoms with Crippen molar-refractivity contribution in [3.8, 4) is 0 Å². The van der Waals surface area contributed by atoms with Gasteiger partial charge in [-0.3, -0.25) is 9.05 Å². The molecule has 1 heterocycles. The van der Waals surface area contributed by atoms with Gasteiger partial charge in [0.25, 0.3) is 0 Å². The summed E-state index contributed by atoms with van der Waals surface area (Å²) in [5.41, 5.74) is 0. The quantitative estimate of drug-likeness (QED) is 0.175. The van der Waals surface area contributed by atoms with Crippen LogP contribution in [0.25, 0.3) is 0 Å². The van der Waals surface area contributed by atoms with Crippen LogP contribution in [0.4, 0.5) is 0 Å². The van der Waals surface area contributed by atoms with E-state index in [4.69, 9.17) is 19.6 Å². The summed E-state index contributed by atoms with van der Waals surface area (Å²) in [6.07, 6.45) is -5.38. The number of phosphoric acid groups is 2. The number of phosphoric ester groups is 2. The van der Waals surface area contributed by atoms with Crippen LogP contribution in [0.15, 0.2) is 0 Å². The van der Waals surface area contributed by atoms with E-state index >= 15 is 0 Å². The first-order valence-corrected chi connectivity index (χ1v) is 8.07. The molecule has 0 aromatic carbocycles. The zero-order valence-electron chi connectivity index (χ0n) is 10.4. The summed E-state index contributed by atoms with van der Waals surface area (Å²) in [5, 5.41) is 28.8. The Bertz CT molecular complexity index is 433. The van der Waals surface area contributed by atoms with Crippen molar-refractivity contribution < 1.29 is 77.3 Å². The first-order chi connectivity index (χ1) is 8.84. The molecule has 15 heteroatoms. The standard InChI is InChI=1S/C6H14O12P2.Zn/c7-4-3(1-16-19(10,11)12)18-6(9,5(4)8)2-17-20(13,14)15;/h3-5,7-9H,1-2H2,(H2,10,11,12)(H2,13,14,15);/t3-,4-,5+,6-;/m1./s1. The third-order valence-corrected chi connectivity index (χ3v) is 3.32. The SMILES string of the molecule is O=P(O)(O)OC[C@H]1O[C@](O)(COP(=O)(O)O)[C@@H](O)[C@@H]1O.[Zn]. The molecule has 0 aromatic rings. The van der Waals surface area contributed by atoms with Crippen molar-refractivity contribution in [2.24, 2.45) is 0 Å². The summed E-state index contributed by atoms with van der Waals surface area (Å²) in [7, 11) is -9.82. The summed E-state index contributed by atoms with van der Waals surface area (Å²) in [5.74, 6) is -2.66. The topological polar surface area (TPSA) is 203 Å². The number of ether oxygens (including phenoxy) is 1. The van der Waals surface area contributed by atoms with E-state index in [-0.39, 0.29) is 19.5 Å². The van der Waals surface area contributed by atoms with Crippen LogP contribution in [-0.2, 0) is 42.4 Å². The van der Waals surface area contributed by atoms with E-state index in [1.807, 2.05) is 0 Å². The molecule has 0 aromatic heterocycles. The predicted octanol–water partition coefficient (Wildman–Crippen LogP) is -2.99. The van der Waals surface area contributed by atoms with Gasteiger partial charge in [-0.05, 0) is 0 Å². The van der Waals surface area contributed by atoms with Crippen molar-refractivity contribution in [3.05, 3.63) is 0 Å². The summed E-state index contributed by atoms with van der Waals surface area (Å²) in [4.78, 5) is 33.9. The van der Waals surface area contributed by atoms with Gasteiger partial charge in [-0.1, -0.05) is 0 Å². The molecule has 1 aliphatic heterocycles. The van der Waals surface area contributed by atoms with Crippen LogP contribution >= 0.6 is 15.6 Å². The van der Waals surface area contributed by atoms with E-state index in [1.54, 1.807) is 0 Å². The Hall–Kier alpha value is 0.683. The molecule has 0 radical (unpaired) electrons. The number of hydrogen-bond acceptors (Lipinski definition) is 8. The monoisotopic (exact) mass is 404 g/mol. The van der Waals surface area contributed by atoms with Gasteiger partial charge in [-0.15, -0.1) is 0 Å². The Morgan fingerprint density at radius 2 is 1.52 bits per heavy atom. The van der Waals surface area contributed by atoms with Gasteiger partial charge < -0.3 is 39.6 Å². The molecule has 0 aliphatic carbocycles. The van der Waals surface area contributed by atoms with Crippen LogP contribution in [-0.4, -0.2) is 72.2 Å². The molecule has 0 unspecified atom stereocenters. The molecule has 0 amide bonds. The first-order valence-electron chi connectivity index (χ1n) is 5.00. The molecular formula is C6H14O12P2Zn. The molecule has 7 N–H and O–H groups in total. The van der Waals surface area contributed by atoms with Gasteiger partial charge in [0, 0.05) is 19.5 Å². The molecule has 12 nitrogen and oxygen atoms in total. The Kier molecular flexibility index (Phi) is 7.75. The van der Waals surface area contributed by atoms with E-state index in [1.165, 1.54) is 0 Å². The fraction of sp³-hybridized carbons (Fsp3) is 1.00. The van der Waals surface area contributed by atoms with Crippen molar-refractivity contribution in [3.63, 3.8) is 0 Å². The van der Waals surface area contributed by atoms with Gasteiger partial charge in [-0.2, -0.15) is 0 Å². The zero-order chi connectivity index (χ0) is 15.8. The largest absolute Gasteiger partial charge is 0.469 e. The Morgan fingerprint density at radius 1 is 1.05 bits per heavy atom. The van der Waals surface area contributed by atoms with Crippen LogP contribution in [0, 0.1) is 0 Å². The minimum Gasteiger partial charge on any atom is -0.387 e. The molecule has 1 aliphatic rings. The Morgan fingerprint density at radius 3 is 1.95 bits per heavy atom. The number of aliphatic hydroxyl groups is 3. The number of rotatable bonds is 6. The average Bonchev–Trinajstić information content (AvgIpc) is 2.48. The van der Waals surface area contributed by atoms with E-state index in [0.717, 1.165) is 0 Å². The molecule has 0 bridgehead atoms. The summed E-state index contributed by atoms with van der Waals surface area (Å²) in [6, 6.07) is 0. The van der Waals surface area contributed by atoms with Crippen molar-refractivity contribution in [2.45, 2.75) is 24.1 Å². The van der Waals surface area contributed by atoms with E-state index in [9.17, 15) is 24.4 Å². The van der Waals surface area contributed by atoms with Gasteiger partial charge in [0.1, 0.15) is 24.9 Å². The van der Waals surface area contributed by atoms with Crippen LogP contribution in [0.3, 0.4) is 0 Å². The van der Waals surface area contributed by atoms with Crippen molar-refractivity contribution in [2.75, 3.05) is 13.2 Å². The fourth-order valence-corrected chi connectivity index (χ4v) is 2.17. The molecule has 1 fully saturated rings. The molecular weight excluding hydrogens is 391 g/mol. The Labute approximate surface area is 130 Å². The first kappa shape index (κ1) is 21.7. The van der Waals surface area contributed by atoms with E-state index in [2.05, 4.69) is 13.8 Å². The summed E-state index contributed by atoms with van der Waals surface area (Å²) >= 11 is 0. The van der Waals surface area contributed by atoms with Gasteiger partial charge >= 0.3 is 15.6 Å².